The third-order valence-electron chi connectivity index (χ3n) is 5.29. The molecule has 1 fully saturated rings. The summed E-state index contributed by atoms with van der Waals surface area (Å²) in [6.07, 6.45) is 3.77. The molecule has 2 aromatic carbocycles. The highest BCUT2D eigenvalue weighted by atomic mass is 32.2. The lowest BCUT2D eigenvalue weighted by molar-refractivity contribution is 0.103. The van der Waals surface area contributed by atoms with Gasteiger partial charge in [-0.1, -0.05) is 41.7 Å². The van der Waals surface area contributed by atoms with Gasteiger partial charge < -0.3 is 15.0 Å². The fourth-order valence-electron chi connectivity index (χ4n) is 3.62. The highest BCUT2D eigenvalue weighted by Gasteiger charge is 2.18. The number of hydrogen-bond donors (Lipinski definition) is 1. The van der Waals surface area contributed by atoms with Crippen LogP contribution in [0.3, 0.4) is 0 Å². The van der Waals surface area contributed by atoms with Crippen molar-refractivity contribution in [2.45, 2.75) is 25.9 Å². The first-order chi connectivity index (χ1) is 15.2. The Kier molecular flexibility index (Phi) is 5.86. The van der Waals surface area contributed by atoms with E-state index in [0.717, 1.165) is 44.8 Å². The summed E-state index contributed by atoms with van der Waals surface area (Å²) in [7, 11) is 0. The molecule has 5 nitrogen and oxygen atoms in total. The van der Waals surface area contributed by atoms with Gasteiger partial charge in [0.25, 0.3) is 5.91 Å². The fourth-order valence-corrected chi connectivity index (χ4v) is 5.84. The Morgan fingerprint density at radius 1 is 1.00 bits per heavy atom. The maximum absolute atomic E-state index is 12.7. The van der Waals surface area contributed by atoms with Gasteiger partial charge in [0, 0.05) is 18.8 Å². The van der Waals surface area contributed by atoms with Crippen LogP contribution < -0.4 is 15.0 Å². The molecule has 3 heterocycles. The average molecular weight is 450 g/mol. The summed E-state index contributed by atoms with van der Waals surface area (Å²) in [6, 6.07) is 19.4. The molecule has 31 heavy (non-hydrogen) atoms. The van der Waals surface area contributed by atoms with E-state index in [-0.39, 0.29) is 5.91 Å². The van der Waals surface area contributed by atoms with E-state index in [2.05, 4.69) is 10.2 Å². The van der Waals surface area contributed by atoms with E-state index < -0.39 is 0 Å². The highest BCUT2D eigenvalue weighted by molar-refractivity contribution is 7.40. The number of aromatic nitrogens is 1. The van der Waals surface area contributed by atoms with Gasteiger partial charge in [0.15, 0.2) is 5.13 Å². The molecule has 4 aromatic rings. The monoisotopic (exact) mass is 449 g/mol. The van der Waals surface area contributed by atoms with E-state index >= 15 is 0 Å². The molecule has 1 N–H and O–H groups in total. The number of thiophene rings is 1. The number of nitrogens with zero attached hydrogens (tertiary/aromatic N) is 2. The molecule has 0 aliphatic carbocycles. The third kappa shape index (κ3) is 4.73. The van der Waals surface area contributed by atoms with E-state index in [9.17, 15) is 4.79 Å². The summed E-state index contributed by atoms with van der Waals surface area (Å²) in [5.41, 5.74) is 2.79. The van der Waals surface area contributed by atoms with Gasteiger partial charge >= 0.3 is 0 Å². The highest BCUT2D eigenvalue weighted by Crippen LogP contribution is 2.36. The van der Waals surface area contributed by atoms with E-state index in [0.29, 0.717) is 11.5 Å². The predicted molar refractivity (Wildman–Crippen MR) is 129 cm³/mol. The Morgan fingerprint density at radius 3 is 2.52 bits per heavy atom. The van der Waals surface area contributed by atoms with Crippen LogP contribution in [0.5, 0.6) is 5.75 Å². The predicted octanol–water partition coefficient (Wildman–Crippen LogP) is 6.18. The molecular formula is C24H23N3O2S2. The smallest absolute Gasteiger partial charge is 0.265 e. The largest absolute Gasteiger partial charge is 0.489 e. The van der Waals surface area contributed by atoms with Gasteiger partial charge in [0.05, 0.1) is 10.4 Å². The number of thiazole rings is 1. The van der Waals surface area contributed by atoms with Gasteiger partial charge in [-0.25, -0.2) is 4.98 Å². The number of anilines is 2. The molecule has 1 aliphatic heterocycles. The molecule has 0 saturated carbocycles. The van der Waals surface area contributed by atoms with Crippen LogP contribution in [0.2, 0.25) is 0 Å². The van der Waals surface area contributed by atoms with Crippen molar-refractivity contribution in [3.8, 4) is 5.75 Å². The van der Waals surface area contributed by atoms with Crippen molar-refractivity contribution in [3.63, 3.8) is 0 Å². The van der Waals surface area contributed by atoms with Gasteiger partial charge in [-0.3, -0.25) is 4.79 Å². The first-order valence-corrected chi connectivity index (χ1v) is 12.1. The first kappa shape index (κ1) is 20.0. The Labute approximate surface area is 189 Å². The van der Waals surface area contributed by atoms with E-state index in [1.807, 2.05) is 60.7 Å². The van der Waals surface area contributed by atoms with Crippen molar-refractivity contribution in [1.82, 2.24) is 4.98 Å². The van der Waals surface area contributed by atoms with Crippen LogP contribution in [-0.2, 0) is 6.61 Å². The molecule has 1 amide bonds. The summed E-state index contributed by atoms with van der Waals surface area (Å²) >= 11 is 3.20. The molecule has 0 atom stereocenters. The standard InChI is InChI=1S/C24H23N3O2S2/c28-22(21-15-20-23(30-21)31-24(26-20)27-13-5-2-6-14-27)25-18-9-11-19(12-10-18)29-16-17-7-3-1-4-8-17/h1,3-4,7-12,15H,2,5-6,13-14,16H2,(H,25,28). The molecule has 1 aliphatic rings. The second-order valence-corrected chi connectivity index (χ2v) is 9.87. The van der Waals surface area contributed by atoms with E-state index in [4.69, 9.17) is 9.72 Å². The quantitative estimate of drug-likeness (QED) is 0.382. The van der Waals surface area contributed by atoms with Crippen molar-refractivity contribution in [3.05, 3.63) is 71.1 Å². The lowest BCUT2D eigenvalue weighted by atomic mass is 10.1. The molecular weight excluding hydrogens is 426 g/mol. The van der Waals surface area contributed by atoms with Crippen LogP contribution in [0, 0.1) is 0 Å². The minimum Gasteiger partial charge on any atom is -0.489 e. The third-order valence-corrected chi connectivity index (χ3v) is 7.63. The van der Waals surface area contributed by atoms with Crippen molar-refractivity contribution in [1.29, 1.82) is 0 Å². The number of amides is 1. The van der Waals surface area contributed by atoms with Crippen molar-refractivity contribution < 1.29 is 9.53 Å². The molecule has 158 valence electrons. The summed E-state index contributed by atoms with van der Waals surface area (Å²) in [6.45, 7) is 2.68. The molecule has 7 heteroatoms. The normalized spacial score (nSPS) is 14.0. The molecule has 1 saturated heterocycles. The molecule has 2 aromatic heterocycles. The minimum absolute atomic E-state index is 0.104. The number of ether oxygens (including phenoxy) is 1. The average Bonchev–Trinajstić information content (AvgIpc) is 3.40. The van der Waals surface area contributed by atoms with Crippen LogP contribution in [0.25, 0.3) is 9.53 Å². The number of hydrogen-bond acceptors (Lipinski definition) is 6. The summed E-state index contributed by atoms with van der Waals surface area (Å²) < 4.78 is 6.91. The number of nitrogens with one attached hydrogen (secondary N) is 1. The Morgan fingerprint density at radius 2 is 1.77 bits per heavy atom. The second kappa shape index (κ2) is 9.08. The Hall–Kier alpha value is -2.90. The van der Waals surface area contributed by atoms with Gasteiger partial charge in [-0.05, 0) is 55.2 Å². The van der Waals surface area contributed by atoms with Crippen LogP contribution in [0.4, 0.5) is 10.8 Å². The lowest BCUT2D eigenvalue weighted by Gasteiger charge is -2.25. The minimum atomic E-state index is -0.104. The topological polar surface area (TPSA) is 54.5 Å². The second-order valence-electron chi connectivity index (χ2n) is 7.58. The lowest BCUT2D eigenvalue weighted by Crippen LogP contribution is -2.29. The van der Waals surface area contributed by atoms with Gasteiger partial charge in [-0.2, -0.15) is 0 Å². The molecule has 5 rings (SSSR count). The number of rotatable bonds is 6. The number of carbonyl (C=O) groups excluding carboxylic acids is 1. The van der Waals surface area contributed by atoms with E-state index in [1.54, 1.807) is 11.3 Å². The Balaban J connectivity index is 1.20. The fraction of sp³-hybridized carbons (Fsp3) is 0.250. The van der Waals surface area contributed by atoms with Crippen molar-refractivity contribution >= 4 is 48.9 Å². The van der Waals surface area contributed by atoms with Crippen LogP contribution >= 0.6 is 22.7 Å². The molecule has 0 bridgehead atoms. The number of fused-ring (bicyclic) bond motifs is 1. The van der Waals surface area contributed by atoms with Crippen LogP contribution in [0.15, 0.2) is 60.7 Å². The molecule has 0 spiro atoms. The summed E-state index contributed by atoms with van der Waals surface area (Å²) in [5, 5.41) is 4.05. The zero-order valence-electron chi connectivity index (χ0n) is 17.0. The SMILES string of the molecule is O=C(Nc1ccc(OCc2ccccc2)cc1)c1cc2nc(N3CCCCC3)sc2s1. The number of piperidine rings is 1. The maximum Gasteiger partial charge on any atom is 0.265 e. The molecule has 0 radical (unpaired) electrons. The van der Waals surface area contributed by atoms with Crippen molar-refractivity contribution in [2.75, 3.05) is 23.3 Å². The van der Waals surface area contributed by atoms with Gasteiger partial charge in [0.2, 0.25) is 0 Å². The van der Waals surface area contributed by atoms with E-state index in [1.165, 1.54) is 30.6 Å². The van der Waals surface area contributed by atoms with Crippen LogP contribution in [-0.4, -0.2) is 24.0 Å². The Bertz CT molecular complexity index is 1130. The number of benzene rings is 2. The zero-order chi connectivity index (χ0) is 21.0. The number of carbonyl (C=O) groups is 1. The van der Waals surface area contributed by atoms with Crippen LogP contribution in [0.1, 0.15) is 34.5 Å². The first-order valence-electron chi connectivity index (χ1n) is 10.5. The molecule has 0 unspecified atom stereocenters. The zero-order valence-corrected chi connectivity index (χ0v) is 18.7. The van der Waals surface area contributed by atoms with Gasteiger partial charge in [-0.15, -0.1) is 11.3 Å². The maximum atomic E-state index is 12.7. The van der Waals surface area contributed by atoms with Crippen molar-refractivity contribution in [2.24, 2.45) is 0 Å². The summed E-state index contributed by atoms with van der Waals surface area (Å²) in [4.78, 5) is 20.5. The van der Waals surface area contributed by atoms with Gasteiger partial charge in [0.1, 0.15) is 16.4 Å². The summed E-state index contributed by atoms with van der Waals surface area (Å²) in [5.74, 6) is 0.667.